The molecule has 4 nitrogen and oxygen atoms in total. The third-order valence-corrected chi connectivity index (χ3v) is 5.83. The van der Waals surface area contributed by atoms with Crippen LogP contribution in [0.25, 0.3) is 10.9 Å². The predicted octanol–water partition coefficient (Wildman–Crippen LogP) is 4.50. The largest absolute Gasteiger partial charge is 0.366 e. The van der Waals surface area contributed by atoms with Crippen LogP contribution in [-0.4, -0.2) is 42.0 Å². The summed E-state index contributed by atoms with van der Waals surface area (Å²) in [5.41, 5.74) is 2.59. The summed E-state index contributed by atoms with van der Waals surface area (Å²) in [7, 11) is 0. The molecule has 0 saturated carbocycles. The smallest absolute Gasteiger partial charge is 0.256 e. The Morgan fingerprint density at radius 1 is 1.12 bits per heavy atom. The van der Waals surface area contributed by atoms with Crippen molar-refractivity contribution in [2.45, 2.75) is 0 Å². The molecule has 0 radical (unpaired) electrons. The fourth-order valence-electron chi connectivity index (χ4n) is 3.13. The summed E-state index contributed by atoms with van der Waals surface area (Å²) in [6.07, 6.45) is 1.86. The number of halogens is 2. The van der Waals surface area contributed by atoms with Gasteiger partial charge in [0.2, 0.25) is 0 Å². The lowest BCUT2D eigenvalue weighted by atomic mass is 10.1. The summed E-state index contributed by atoms with van der Waals surface area (Å²) in [6.45, 7) is 2.83. The molecule has 1 aliphatic heterocycles. The van der Waals surface area contributed by atoms with Gasteiger partial charge in [0.05, 0.1) is 21.1 Å². The van der Waals surface area contributed by atoms with Crippen LogP contribution in [0.2, 0.25) is 8.67 Å². The fourth-order valence-corrected chi connectivity index (χ4v) is 4.64. The first kappa shape index (κ1) is 15.8. The Balaban J connectivity index is 1.50. The molecule has 7 heteroatoms. The number of para-hydroxylation sites is 1. The van der Waals surface area contributed by atoms with Gasteiger partial charge in [0, 0.05) is 37.8 Å². The van der Waals surface area contributed by atoms with Gasteiger partial charge in [-0.15, -0.1) is 11.3 Å². The highest BCUT2D eigenvalue weighted by molar-refractivity contribution is 7.20. The molecule has 0 atom stereocenters. The Bertz CT molecular complexity index is 896. The SMILES string of the molecule is O=C(c1cccc2cc[nH]c12)N1CCN(c2cc(Cl)sc2Cl)CC1. The first-order valence-corrected chi connectivity index (χ1v) is 9.26. The summed E-state index contributed by atoms with van der Waals surface area (Å²) in [6, 6.07) is 9.68. The molecule has 2 aromatic heterocycles. The Kier molecular flexibility index (Phi) is 4.16. The number of amides is 1. The molecular weight excluding hydrogens is 365 g/mol. The zero-order valence-corrected chi connectivity index (χ0v) is 15.1. The van der Waals surface area contributed by atoms with Gasteiger partial charge >= 0.3 is 0 Å². The topological polar surface area (TPSA) is 39.3 Å². The minimum absolute atomic E-state index is 0.0668. The average Bonchev–Trinajstić information content (AvgIpc) is 3.20. The summed E-state index contributed by atoms with van der Waals surface area (Å²) in [5.74, 6) is 0.0668. The highest BCUT2D eigenvalue weighted by Crippen LogP contribution is 2.38. The normalized spacial score (nSPS) is 15.2. The van der Waals surface area contributed by atoms with Crippen LogP contribution in [0.3, 0.4) is 0 Å². The number of fused-ring (bicyclic) bond motifs is 1. The zero-order valence-electron chi connectivity index (χ0n) is 12.8. The van der Waals surface area contributed by atoms with Crippen LogP contribution in [0.4, 0.5) is 5.69 Å². The van der Waals surface area contributed by atoms with E-state index in [1.165, 1.54) is 11.3 Å². The molecular formula is C17H15Cl2N3OS. The lowest BCUT2D eigenvalue weighted by Crippen LogP contribution is -2.48. The maximum Gasteiger partial charge on any atom is 0.256 e. The lowest BCUT2D eigenvalue weighted by molar-refractivity contribution is 0.0748. The summed E-state index contributed by atoms with van der Waals surface area (Å²) >= 11 is 13.6. The number of carbonyl (C=O) groups excluding carboxylic acids is 1. The highest BCUT2D eigenvalue weighted by atomic mass is 35.5. The van der Waals surface area contributed by atoms with Gasteiger partial charge in [0.15, 0.2) is 0 Å². The first-order valence-electron chi connectivity index (χ1n) is 7.68. The van der Waals surface area contributed by atoms with Gasteiger partial charge in [-0.05, 0) is 18.2 Å². The zero-order chi connectivity index (χ0) is 16.7. The average molecular weight is 380 g/mol. The maximum absolute atomic E-state index is 12.9. The van der Waals surface area contributed by atoms with Crippen molar-refractivity contribution in [3.8, 4) is 0 Å². The number of anilines is 1. The quantitative estimate of drug-likeness (QED) is 0.711. The van der Waals surface area contributed by atoms with Crippen LogP contribution < -0.4 is 4.90 Å². The third-order valence-electron chi connectivity index (χ3n) is 4.36. The van der Waals surface area contributed by atoms with Gasteiger partial charge in [0.1, 0.15) is 4.34 Å². The van der Waals surface area contributed by atoms with E-state index in [1.807, 2.05) is 41.4 Å². The number of nitrogens with one attached hydrogen (secondary N) is 1. The van der Waals surface area contributed by atoms with Gasteiger partial charge < -0.3 is 14.8 Å². The van der Waals surface area contributed by atoms with Crippen molar-refractivity contribution >= 4 is 57.0 Å². The number of hydrogen-bond donors (Lipinski definition) is 1. The molecule has 1 aromatic carbocycles. The first-order chi connectivity index (χ1) is 11.6. The van der Waals surface area contributed by atoms with E-state index in [0.29, 0.717) is 21.8 Å². The van der Waals surface area contributed by atoms with E-state index in [-0.39, 0.29) is 5.91 Å². The second-order valence-electron chi connectivity index (χ2n) is 5.74. The van der Waals surface area contributed by atoms with Gasteiger partial charge in [-0.1, -0.05) is 35.3 Å². The molecule has 1 amide bonds. The lowest BCUT2D eigenvalue weighted by Gasteiger charge is -2.35. The molecule has 3 heterocycles. The van der Waals surface area contributed by atoms with E-state index in [9.17, 15) is 4.79 Å². The van der Waals surface area contributed by atoms with Crippen LogP contribution in [0.5, 0.6) is 0 Å². The standard InChI is InChI=1S/C17H15Cl2N3OS/c18-14-10-13(16(19)24-14)21-6-8-22(9-7-21)17(23)12-3-1-2-11-4-5-20-15(11)12/h1-5,10,20H,6-9H2. The van der Waals surface area contributed by atoms with Crippen LogP contribution in [0.1, 0.15) is 10.4 Å². The minimum atomic E-state index is 0.0668. The van der Waals surface area contributed by atoms with Crippen molar-refractivity contribution in [2.75, 3.05) is 31.1 Å². The molecule has 1 fully saturated rings. The Morgan fingerprint density at radius 3 is 2.62 bits per heavy atom. The Morgan fingerprint density at radius 2 is 1.92 bits per heavy atom. The number of H-pyrrole nitrogens is 1. The van der Waals surface area contributed by atoms with E-state index in [0.717, 1.165) is 35.2 Å². The van der Waals surface area contributed by atoms with Crippen LogP contribution in [0, 0.1) is 0 Å². The van der Waals surface area contributed by atoms with Gasteiger partial charge in [-0.2, -0.15) is 0 Å². The van der Waals surface area contributed by atoms with E-state index in [1.54, 1.807) is 0 Å². The van der Waals surface area contributed by atoms with E-state index in [2.05, 4.69) is 9.88 Å². The summed E-state index contributed by atoms with van der Waals surface area (Å²) in [5, 5.41) is 1.05. The van der Waals surface area contributed by atoms with Crippen molar-refractivity contribution in [2.24, 2.45) is 0 Å². The molecule has 1 N–H and O–H groups in total. The van der Waals surface area contributed by atoms with Gasteiger partial charge in [-0.25, -0.2) is 0 Å². The fraction of sp³-hybridized carbons (Fsp3) is 0.235. The number of piperazine rings is 1. The monoisotopic (exact) mass is 379 g/mol. The van der Waals surface area contributed by atoms with Crippen molar-refractivity contribution in [1.29, 1.82) is 0 Å². The molecule has 0 unspecified atom stereocenters. The third kappa shape index (κ3) is 2.77. The molecule has 3 aromatic rings. The molecule has 0 bridgehead atoms. The van der Waals surface area contributed by atoms with Crippen molar-refractivity contribution in [3.05, 3.63) is 50.8 Å². The Hall–Kier alpha value is -1.69. The second kappa shape index (κ2) is 6.31. The predicted molar refractivity (Wildman–Crippen MR) is 101 cm³/mol. The summed E-state index contributed by atoms with van der Waals surface area (Å²) < 4.78 is 1.39. The number of carbonyl (C=O) groups is 1. The number of rotatable bonds is 2. The molecule has 0 aliphatic carbocycles. The number of nitrogens with zero attached hydrogens (tertiary/aromatic N) is 2. The molecule has 1 saturated heterocycles. The van der Waals surface area contributed by atoms with Crippen molar-refractivity contribution in [3.63, 3.8) is 0 Å². The van der Waals surface area contributed by atoms with Gasteiger partial charge in [-0.3, -0.25) is 4.79 Å². The summed E-state index contributed by atoms with van der Waals surface area (Å²) in [4.78, 5) is 20.1. The van der Waals surface area contributed by atoms with E-state index in [4.69, 9.17) is 23.2 Å². The van der Waals surface area contributed by atoms with E-state index < -0.39 is 0 Å². The number of hydrogen-bond acceptors (Lipinski definition) is 3. The molecule has 124 valence electrons. The number of aromatic amines is 1. The maximum atomic E-state index is 12.9. The van der Waals surface area contributed by atoms with E-state index >= 15 is 0 Å². The van der Waals surface area contributed by atoms with Gasteiger partial charge in [0.25, 0.3) is 5.91 Å². The van der Waals surface area contributed by atoms with Crippen molar-refractivity contribution in [1.82, 2.24) is 9.88 Å². The minimum Gasteiger partial charge on any atom is -0.366 e. The van der Waals surface area contributed by atoms with Crippen LogP contribution in [-0.2, 0) is 0 Å². The van der Waals surface area contributed by atoms with Crippen molar-refractivity contribution < 1.29 is 4.79 Å². The molecule has 1 aliphatic rings. The number of thiophene rings is 1. The van der Waals surface area contributed by atoms with Crippen LogP contribution >= 0.6 is 34.5 Å². The van der Waals surface area contributed by atoms with Crippen LogP contribution in [0.15, 0.2) is 36.5 Å². The number of benzene rings is 1. The Labute approximate surface area is 153 Å². The second-order valence-corrected chi connectivity index (χ2v) is 8.02. The molecule has 24 heavy (non-hydrogen) atoms. The highest BCUT2D eigenvalue weighted by Gasteiger charge is 2.25. The molecule has 0 spiro atoms. The molecule has 4 rings (SSSR count). The number of aromatic nitrogens is 1.